The van der Waals surface area contributed by atoms with Crippen LogP contribution in [0.4, 0.5) is 0 Å². The third kappa shape index (κ3) is 5.79. The first kappa shape index (κ1) is 17.3. The molecular formula is C11H19ClN2O3S. The summed E-state index contributed by atoms with van der Waals surface area (Å²) in [5, 5.41) is 17.4. The number of nitrogens with two attached hydrogens (primary N) is 1. The molecule has 0 radical (unpaired) electrons. The molecule has 0 amide bonds. The van der Waals surface area contributed by atoms with Crippen LogP contribution in [0.3, 0.4) is 0 Å². The van der Waals surface area contributed by atoms with Gasteiger partial charge in [0.1, 0.15) is 0 Å². The van der Waals surface area contributed by atoms with Crippen molar-refractivity contribution in [2.24, 2.45) is 5.14 Å². The van der Waals surface area contributed by atoms with Gasteiger partial charge in [-0.3, -0.25) is 0 Å². The zero-order valence-electron chi connectivity index (χ0n) is 10.2. The van der Waals surface area contributed by atoms with Gasteiger partial charge in [-0.2, -0.15) is 0 Å². The van der Waals surface area contributed by atoms with Gasteiger partial charge in [-0.25, -0.2) is 13.6 Å². The van der Waals surface area contributed by atoms with E-state index in [-0.39, 0.29) is 23.4 Å². The minimum absolute atomic E-state index is 0. The van der Waals surface area contributed by atoms with E-state index < -0.39 is 10.0 Å². The third-order valence-corrected chi connectivity index (χ3v) is 3.36. The van der Waals surface area contributed by atoms with Crippen LogP contribution < -0.4 is 10.5 Å². The van der Waals surface area contributed by atoms with Crippen LogP contribution in [0.25, 0.3) is 0 Å². The molecule has 0 heterocycles. The van der Waals surface area contributed by atoms with Gasteiger partial charge in [0.15, 0.2) is 0 Å². The van der Waals surface area contributed by atoms with Crippen molar-refractivity contribution in [3.63, 3.8) is 0 Å². The van der Waals surface area contributed by atoms with Crippen LogP contribution in [-0.4, -0.2) is 26.2 Å². The lowest BCUT2D eigenvalue weighted by Gasteiger charge is -2.09. The largest absolute Gasteiger partial charge is 0.392 e. The number of aliphatic hydroxyl groups excluding tert-OH is 1. The number of halogens is 1. The minimum Gasteiger partial charge on any atom is -0.392 e. The fourth-order valence-corrected chi connectivity index (χ4v) is 1.84. The Hall–Kier alpha value is -0.660. The number of nitrogens with one attached hydrogen (secondary N) is 1. The summed E-state index contributed by atoms with van der Waals surface area (Å²) in [6.07, 6.45) is 0.357. The highest BCUT2D eigenvalue weighted by atomic mass is 35.5. The Bertz CT molecular complexity index is 448. The second kappa shape index (κ2) is 7.70. The summed E-state index contributed by atoms with van der Waals surface area (Å²) in [7, 11) is -3.62. The first-order chi connectivity index (χ1) is 7.93. The van der Waals surface area contributed by atoms with Crippen LogP contribution in [0.2, 0.25) is 0 Å². The molecule has 1 aromatic carbocycles. The summed E-state index contributed by atoms with van der Waals surface area (Å²) in [6, 6.07) is 6.35. The smallest absolute Gasteiger partial charge is 0.238 e. The van der Waals surface area contributed by atoms with E-state index in [1.54, 1.807) is 12.1 Å². The first-order valence-electron chi connectivity index (χ1n) is 5.44. The maximum absolute atomic E-state index is 11.0. The van der Waals surface area contributed by atoms with Gasteiger partial charge in [0, 0.05) is 13.1 Å². The lowest BCUT2D eigenvalue weighted by molar-refractivity contribution is 0.167. The molecule has 0 saturated carbocycles. The molecule has 1 rings (SSSR count). The second-order valence-electron chi connectivity index (χ2n) is 3.88. The highest BCUT2D eigenvalue weighted by Crippen LogP contribution is 2.08. The molecule has 0 spiro atoms. The molecule has 4 N–H and O–H groups in total. The van der Waals surface area contributed by atoms with Gasteiger partial charge in [0.2, 0.25) is 10.0 Å². The van der Waals surface area contributed by atoms with Gasteiger partial charge in [0.05, 0.1) is 11.0 Å². The molecule has 0 aliphatic carbocycles. The fraction of sp³-hybridized carbons (Fsp3) is 0.455. The molecule has 7 heteroatoms. The topological polar surface area (TPSA) is 92.4 Å². The van der Waals surface area contributed by atoms with Crippen LogP contribution in [0.5, 0.6) is 0 Å². The average molecular weight is 295 g/mol. The summed E-state index contributed by atoms with van der Waals surface area (Å²) in [5.74, 6) is 0. The molecule has 1 atom stereocenters. The summed E-state index contributed by atoms with van der Waals surface area (Å²) in [6.45, 7) is 3.02. The summed E-state index contributed by atoms with van der Waals surface area (Å²) >= 11 is 0. The lowest BCUT2D eigenvalue weighted by Crippen LogP contribution is -2.25. The molecule has 5 nitrogen and oxygen atoms in total. The molecule has 0 bridgehead atoms. The van der Waals surface area contributed by atoms with Gasteiger partial charge in [0.25, 0.3) is 0 Å². The third-order valence-electron chi connectivity index (χ3n) is 2.43. The van der Waals surface area contributed by atoms with E-state index in [0.29, 0.717) is 19.5 Å². The fourth-order valence-electron chi connectivity index (χ4n) is 1.32. The first-order valence-corrected chi connectivity index (χ1v) is 6.98. The van der Waals surface area contributed by atoms with Crippen molar-refractivity contribution in [2.75, 3.05) is 6.54 Å². The molecule has 104 valence electrons. The SMILES string of the molecule is CCC(O)CNCc1ccc(S(N)(=O)=O)cc1.Cl. The number of rotatable bonds is 6. The average Bonchev–Trinajstić information content (AvgIpc) is 2.28. The van der Waals surface area contributed by atoms with Crippen molar-refractivity contribution in [3.05, 3.63) is 29.8 Å². The molecule has 0 saturated heterocycles. The second-order valence-corrected chi connectivity index (χ2v) is 5.44. The van der Waals surface area contributed by atoms with Gasteiger partial charge < -0.3 is 10.4 Å². The Labute approximate surface area is 114 Å². The van der Waals surface area contributed by atoms with Crippen molar-refractivity contribution < 1.29 is 13.5 Å². The number of primary sulfonamides is 1. The summed E-state index contributed by atoms with van der Waals surface area (Å²) < 4.78 is 22.0. The van der Waals surface area contributed by atoms with E-state index in [0.717, 1.165) is 5.56 Å². The van der Waals surface area contributed by atoms with Crippen LogP contribution in [0, 0.1) is 0 Å². The highest BCUT2D eigenvalue weighted by Gasteiger charge is 2.06. The molecule has 1 aromatic rings. The number of benzene rings is 1. The number of hydrogen-bond acceptors (Lipinski definition) is 4. The Morgan fingerprint density at radius 3 is 2.33 bits per heavy atom. The number of aliphatic hydroxyl groups is 1. The minimum atomic E-state index is -3.62. The van der Waals surface area contributed by atoms with E-state index >= 15 is 0 Å². The molecular weight excluding hydrogens is 276 g/mol. The van der Waals surface area contributed by atoms with Gasteiger partial charge in [-0.15, -0.1) is 12.4 Å². The van der Waals surface area contributed by atoms with Gasteiger partial charge in [-0.1, -0.05) is 19.1 Å². The van der Waals surface area contributed by atoms with E-state index in [1.165, 1.54) is 12.1 Å². The van der Waals surface area contributed by atoms with Crippen LogP contribution in [0.15, 0.2) is 29.2 Å². The van der Waals surface area contributed by atoms with E-state index in [1.807, 2.05) is 6.92 Å². The maximum Gasteiger partial charge on any atom is 0.238 e. The van der Waals surface area contributed by atoms with Crippen molar-refractivity contribution in [2.45, 2.75) is 30.9 Å². The van der Waals surface area contributed by atoms with Crippen molar-refractivity contribution in [1.82, 2.24) is 5.32 Å². The Kier molecular flexibility index (Phi) is 7.42. The monoisotopic (exact) mass is 294 g/mol. The predicted octanol–water partition coefficient (Wildman–Crippen LogP) is 0.616. The van der Waals surface area contributed by atoms with Crippen LogP contribution in [0.1, 0.15) is 18.9 Å². The quantitative estimate of drug-likeness (QED) is 0.717. The van der Waals surface area contributed by atoms with Gasteiger partial charge in [-0.05, 0) is 24.1 Å². The number of sulfonamides is 1. The van der Waals surface area contributed by atoms with Crippen molar-refractivity contribution >= 4 is 22.4 Å². The highest BCUT2D eigenvalue weighted by molar-refractivity contribution is 7.89. The van der Waals surface area contributed by atoms with Gasteiger partial charge >= 0.3 is 0 Å². The zero-order valence-corrected chi connectivity index (χ0v) is 11.8. The molecule has 0 aliphatic rings. The maximum atomic E-state index is 11.0. The van der Waals surface area contributed by atoms with Crippen LogP contribution in [-0.2, 0) is 16.6 Å². The standard InChI is InChI=1S/C11H18N2O3S.ClH/c1-2-10(14)8-13-7-9-3-5-11(6-4-9)17(12,15)16;/h3-6,10,13-14H,2,7-8H2,1H3,(H2,12,15,16);1H. The predicted molar refractivity (Wildman–Crippen MR) is 73.1 cm³/mol. The Balaban J connectivity index is 0.00000289. The molecule has 0 aliphatic heterocycles. The molecule has 0 aromatic heterocycles. The normalized spacial score (nSPS) is 12.8. The lowest BCUT2D eigenvalue weighted by atomic mass is 10.2. The Morgan fingerprint density at radius 1 is 1.33 bits per heavy atom. The van der Waals surface area contributed by atoms with E-state index in [4.69, 9.17) is 5.14 Å². The van der Waals surface area contributed by atoms with E-state index in [2.05, 4.69) is 5.32 Å². The molecule has 1 unspecified atom stereocenters. The Morgan fingerprint density at radius 2 is 1.89 bits per heavy atom. The zero-order chi connectivity index (χ0) is 12.9. The van der Waals surface area contributed by atoms with Crippen molar-refractivity contribution in [3.8, 4) is 0 Å². The summed E-state index contributed by atoms with van der Waals surface area (Å²) in [4.78, 5) is 0.106. The molecule has 18 heavy (non-hydrogen) atoms. The van der Waals surface area contributed by atoms with Crippen molar-refractivity contribution in [1.29, 1.82) is 0 Å². The number of hydrogen-bond donors (Lipinski definition) is 3. The van der Waals surface area contributed by atoms with Crippen LogP contribution >= 0.6 is 12.4 Å². The summed E-state index contributed by atoms with van der Waals surface area (Å²) in [5.41, 5.74) is 0.945. The van der Waals surface area contributed by atoms with E-state index in [9.17, 15) is 13.5 Å². The molecule has 0 fully saturated rings.